The summed E-state index contributed by atoms with van der Waals surface area (Å²) in [6.07, 6.45) is -3.47. The van der Waals surface area contributed by atoms with Crippen molar-refractivity contribution in [3.8, 4) is 0 Å². The summed E-state index contributed by atoms with van der Waals surface area (Å²) in [7, 11) is -4.72. The van der Waals surface area contributed by atoms with E-state index in [0.29, 0.717) is 12.3 Å². The number of aliphatic hydroxyl groups is 3. The Kier molecular flexibility index (Phi) is 7.03. The predicted octanol–water partition coefficient (Wildman–Crippen LogP) is -0.358. The van der Waals surface area contributed by atoms with Crippen LogP contribution in [0.2, 0.25) is 0 Å². The first-order chi connectivity index (χ1) is 13.7. The van der Waals surface area contributed by atoms with Crippen LogP contribution in [0.5, 0.6) is 0 Å². The Labute approximate surface area is 171 Å². The predicted molar refractivity (Wildman–Crippen MR) is 105 cm³/mol. The zero-order valence-electron chi connectivity index (χ0n) is 16.0. The number of aromatic nitrogens is 2. The molecule has 0 bridgehead atoms. The van der Waals surface area contributed by atoms with Crippen LogP contribution >= 0.6 is 19.5 Å². The maximum Gasteiger partial charge on any atom is 0.433 e. The fraction of sp³-hybridized carbons (Fsp3) is 0.733. The molecule has 12 nitrogen and oxygen atoms in total. The number of hydrogen-bond donors (Lipinski definition) is 6. The van der Waals surface area contributed by atoms with Gasteiger partial charge in [-0.15, -0.1) is 0 Å². The van der Waals surface area contributed by atoms with E-state index in [1.807, 2.05) is 6.92 Å². The van der Waals surface area contributed by atoms with Crippen molar-refractivity contribution in [1.29, 1.82) is 0 Å². The number of thioether (sulfide) groups is 1. The lowest BCUT2D eigenvalue weighted by molar-refractivity contribution is -0.0520. The van der Waals surface area contributed by atoms with Crippen molar-refractivity contribution in [3.63, 3.8) is 0 Å². The number of nitrogens with one attached hydrogen (secondary N) is 1. The molecule has 0 saturated carbocycles. The van der Waals surface area contributed by atoms with Gasteiger partial charge in [-0.3, -0.25) is 9.88 Å². The minimum absolute atomic E-state index is 0.118. The summed E-state index contributed by atoms with van der Waals surface area (Å²) in [6, 6.07) is 0. The van der Waals surface area contributed by atoms with Crippen LogP contribution < -0.4 is 5.32 Å². The summed E-state index contributed by atoms with van der Waals surface area (Å²) in [5.74, 6) is 0.847. The molecule has 0 aromatic carbocycles. The summed E-state index contributed by atoms with van der Waals surface area (Å²) in [4.78, 5) is 28.5. The Bertz CT molecular complexity index is 802. The number of amidine groups is 1. The van der Waals surface area contributed by atoms with E-state index in [0.717, 1.165) is 11.1 Å². The minimum atomic E-state index is -4.72. The molecular formula is C15H26N5O7PS. The highest BCUT2D eigenvalue weighted by Gasteiger charge is 2.47. The van der Waals surface area contributed by atoms with E-state index in [1.54, 1.807) is 6.92 Å². The first-order valence-corrected chi connectivity index (χ1v) is 11.8. The van der Waals surface area contributed by atoms with Crippen LogP contribution in [0.4, 0.5) is 5.82 Å². The molecule has 0 amide bonds. The van der Waals surface area contributed by atoms with Gasteiger partial charge in [0.1, 0.15) is 30.2 Å². The third kappa shape index (κ3) is 4.24. The lowest BCUT2D eigenvalue weighted by Crippen LogP contribution is -2.41. The zero-order chi connectivity index (χ0) is 21.3. The van der Waals surface area contributed by atoms with Gasteiger partial charge in [0.2, 0.25) is 0 Å². The molecule has 0 radical (unpaired) electrons. The fourth-order valence-corrected chi connectivity index (χ4v) is 5.30. The number of aliphatic imine (C=N–C) groups is 1. The molecule has 5 atom stereocenters. The second kappa shape index (κ2) is 9.00. The van der Waals surface area contributed by atoms with Gasteiger partial charge in [0.05, 0.1) is 12.9 Å². The van der Waals surface area contributed by atoms with E-state index in [9.17, 15) is 29.7 Å². The SMILES string of the molecule is CCCSC1=Nc2c(ncn2[C@@H]2O[C@H](CO)C(O)C2O)C(NCC)N1P(=O)(O)O. The maximum atomic E-state index is 12.2. The van der Waals surface area contributed by atoms with E-state index >= 15 is 0 Å². The molecule has 1 fully saturated rings. The van der Waals surface area contributed by atoms with Crippen molar-refractivity contribution in [3.05, 3.63) is 12.0 Å². The highest BCUT2D eigenvalue weighted by Crippen LogP contribution is 2.51. The van der Waals surface area contributed by atoms with Gasteiger partial charge in [-0.1, -0.05) is 25.6 Å². The molecule has 3 unspecified atom stereocenters. The lowest BCUT2D eigenvalue weighted by atomic mass is 10.1. The largest absolute Gasteiger partial charge is 0.433 e. The monoisotopic (exact) mass is 451 g/mol. The molecule has 29 heavy (non-hydrogen) atoms. The zero-order valence-corrected chi connectivity index (χ0v) is 17.7. The normalized spacial score (nSPS) is 29.8. The summed E-state index contributed by atoms with van der Waals surface area (Å²) in [5.41, 5.74) is 0.258. The summed E-state index contributed by atoms with van der Waals surface area (Å²) in [5, 5.41) is 32.9. The van der Waals surface area contributed by atoms with Crippen LogP contribution in [0.15, 0.2) is 11.3 Å². The molecular weight excluding hydrogens is 425 g/mol. The molecule has 3 rings (SSSR count). The number of ether oxygens (including phenoxy) is 1. The van der Waals surface area contributed by atoms with Crippen molar-refractivity contribution in [2.24, 2.45) is 4.99 Å². The average molecular weight is 451 g/mol. The van der Waals surface area contributed by atoms with Gasteiger partial charge in [-0.25, -0.2) is 19.2 Å². The van der Waals surface area contributed by atoms with E-state index < -0.39 is 45.1 Å². The Morgan fingerprint density at radius 3 is 2.59 bits per heavy atom. The molecule has 0 spiro atoms. The molecule has 164 valence electrons. The van der Waals surface area contributed by atoms with Crippen molar-refractivity contribution < 1.29 is 34.4 Å². The van der Waals surface area contributed by atoms with Gasteiger partial charge in [0.25, 0.3) is 0 Å². The Balaban J connectivity index is 2.07. The molecule has 14 heteroatoms. The topological polar surface area (TPSA) is 173 Å². The molecule has 6 N–H and O–H groups in total. The van der Waals surface area contributed by atoms with Crippen molar-refractivity contribution in [2.75, 3.05) is 18.9 Å². The van der Waals surface area contributed by atoms with Crippen LogP contribution in [0.3, 0.4) is 0 Å². The van der Waals surface area contributed by atoms with E-state index in [2.05, 4.69) is 15.3 Å². The van der Waals surface area contributed by atoms with E-state index in [-0.39, 0.29) is 16.7 Å². The molecule has 2 aliphatic rings. The first-order valence-electron chi connectivity index (χ1n) is 9.23. The Morgan fingerprint density at radius 2 is 2.03 bits per heavy atom. The van der Waals surface area contributed by atoms with Gasteiger partial charge in [0.15, 0.2) is 17.2 Å². The average Bonchev–Trinajstić information content (AvgIpc) is 3.20. The number of rotatable bonds is 7. The van der Waals surface area contributed by atoms with Gasteiger partial charge in [-0.2, -0.15) is 0 Å². The van der Waals surface area contributed by atoms with Crippen LogP contribution in [0.25, 0.3) is 0 Å². The standard InChI is InChI=1S/C15H26N5O7PS/c1-3-5-29-15-18-13-9(12(16-4-2)20(15)28(24,25)26)17-7-19(13)14-11(23)10(22)8(6-21)27-14/h7-8,10-12,14,16,21-23H,3-6H2,1-2H3,(H2,24,25,26)/t8-,10?,11?,12?,14-/m1/s1. The van der Waals surface area contributed by atoms with Gasteiger partial charge >= 0.3 is 7.75 Å². The maximum absolute atomic E-state index is 12.2. The van der Waals surface area contributed by atoms with Gasteiger partial charge < -0.3 is 29.8 Å². The van der Waals surface area contributed by atoms with Crippen molar-refractivity contribution >= 4 is 30.5 Å². The van der Waals surface area contributed by atoms with E-state index in [1.165, 1.54) is 22.7 Å². The molecule has 1 aromatic heterocycles. The Morgan fingerprint density at radius 1 is 1.31 bits per heavy atom. The number of nitrogens with zero attached hydrogens (tertiary/aromatic N) is 4. The number of imidazole rings is 1. The first kappa shape index (κ1) is 22.7. The highest BCUT2D eigenvalue weighted by molar-refractivity contribution is 8.14. The number of hydrogen-bond acceptors (Lipinski definition) is 9. The second-order valence-corrected chi connectivity index (χ2v) is 9.17. The lowest BCUT2D eigenvalue weighted by Gasteiger charge is -2.36. The number of aliphatic hydroxyl groups excluding tert-OH is 3. The van der Waals surface area contributed by atoms with Crippen LogP contribution in [-0.4, -0.2) is 81.7 Å². The quantitative estimate of drug-likeness (QED) is 0.299. The fourth-order valence-electron chi connectivity index (χ4n) is 3.27. The van der Waals surface area contributed by atoms with Crippen LogP contribution in [0.1, 0.15) is 38.4 Å². The molecule has 3 heterocycles. The summed E-state index contributed by atoms with van der Waals surface area (Å²) >= 11 is 1.20. The van der Waals surface area contributed by atoms with Gasteiger partial charge in [-0.05, 0) is 13.0 Å². The van der Waals surface area contributed by atoms with Crippen LogP contribution in [-0.2, 0) is 9.30 Å². The molecule has 2 aliphatic heterocycles. The van der Waals surface area contributed by atoms with Crippen molar-refractivity contribution in [1.82, 2.24) is 19.5 Å². The Hall–Kier alpha value is -1.02. The molecule has 0 aliphatic carbocycles. The van der Waals surface area contributed by atoms with E-state index in [4.69, 9.17) is 4.74 Å². The summed E-state index contributed by atoms with van der Waals surface area (Å²) in [6.45, 7) is 3.67. The number of fused-ring (bicyclic) bond motifs is 1. The van der Waals surface area contributed by atoms with Gasteiger partial charge in [0, 0.05) is 5.75 Å². The minimum Gasteiger partial charge on any atom is -0.394 e. The molecule has 1 saturated heterocycles. The third-order valence-electron chi connectivity index (χ3n) is 4.60. The smallest absolute Gasteiger partial charge is 0.394 e. The summed E-state index contributed by atoms with van der Waals surface area (Å²) < 4.78 is 20.1. The molecule has 1 aromatic rings. The second-order valence-electron chi connectivity index (χ2n) is 6.65. The van der Waals surface area contributed by atoms with Crippen molar-refractivity contribution in [2.45, 2.75) is 51.0 Å². The third-order valence-corrected chi connectivity index (χ3v) is 6.88. The van der Waals surface area contributed by atoms with Crippen LogP contribution in [0, 0.1) is 0 Å². The highest BCUT2D eigenvalue weighted by atomic mass is 32.2.